The highest BCUT2D eigenvalue weighted by atomic mass is 19.1. The molecule has 0 saturated carbocycles. The van der Waals surface area contributed by atoms with Crippen molar-refractivity contribution in [3.63, 3.8) is 0 Å². The second kappa shape index (κ2) is 7.81. The van der Waals surface area contributed by atoms with Crippen LogP contribution in [0.5, 0.6) is 5.88 Å². The lowest BCUT2D eigenvalue weighted by atomic mass is 9.89. The number of hydrogen-bond acceptors (Lipinski definition) is 4. The van der Waals surface area contributed by atoms with E-state index in [0.29, 0.717) is 37.7 Å². The van der Waals surface area contributed by atoms with E-state index in [1.54, 1.807) is 36.2 Å². The van der Waals surface area contributed by atoms with Crippen LogP contribution in [-0.2, 0) is 4.79 Å². The number of amides is 2. The van der Waals surface area contributed by atoms with Gasteiger partial charge < -0.3 is 14.5 Å². The van der Waals surface area contributed by atoms with E-state index in [1.807, 2.05) is 17.9 Å². The second-order valence-electron chi connectivity index (χ2n) is 7.59. The van der Waals surface area contributed by atoms with Gasteiger partial charge in [-0.25, -0.2) is 9.37 Å². The summed E-state index contributed by atoms with van der Waals surface area (Å²) < 4.78 is 19.4. The van der Waals surface area contributed by atoms with Gasteiger partial charge in [-0.3, -0.25) is 9.59 Å². The summed E-state index contributed by atoms with van der Waals surface area (Å²) in [5.41, 5.74) is 1.22. The van der Waals surface area contributed by atoms with Gasteiger partial charge in [-0.2, -0.15) is 0 Å². The molecule has 2 aliphatic rings. The van der Waals surface area contributed by atoms with Crippen LogP contribution in [0.2, 0.25) is 0 Å². The highest BCUT2D eigenvalue weighted by Crippen LogP contribution is 2.45. The topological polar surface area (TPSA) is 62.7 Å². The van der Waals surface area contributed by atoms with E-state index < -0.39 is 0 Å². The molecule has 0 unspecified atom stereocenters. The number of hydrogen-bond donors (Lipinski definition) is 0. The Hall–Kier alpha value is -2.96. The molecule has 0 radical (unpaired) electrons. The zero-order valence-corrected chi connectivity index (χ0v) is 16.5. The molecular formula is C22H24FN3O3. The third-order valence-corrected chi connectivity index (χ3v) is 5.83. The van der Waals surface area contributed by atoms with Gasteiger partial charge in [0.2, 0.25) is 11.8 Å². The summed E-state index contributed by atoms with van der Waals surface area (Å²) in [4.78, 5) is 33.2. The predicted molar refractivity (Wildman–Crippen MR) is 105 cm³/mol. The van der Waals surface area contributed by atoms with Crippen molar-refractivity contribution in [3.8, 4) is 5.88 Å². The monoisotopic (exact) mass is 397 g/mol. The fourth-order valence-corrected chi connectivity index (χ4v) is 4.63. The number of benzene rings is 1. The van der Waals surface area contributed by atoms with Gasteiger partial charge in [0, 0.05) is 44.6 Å². The maximum absolute atomic E-state index is 13.8. The summed E-state index contributed by atoms with van der Waals surface area (Å²) in [6.45, 7) is 5.45. The molecule has 3 heterocycles. The molecule has 0 spiro atoms. The molecule has 7 heteroatoms. The van der Waals surface area contributed by atoms with Crippen molar-refractivity contribution in [2.24, 2.45) is 11.8 Å². The minimum atomic E-state index is -0.322. The van der Waals surface area contributed by atoms with Crippen molar-refractivity contribution < 1.29 is 18.7 Å². The first-order valence-corrected chi connectivity index (χ1v) is 9.89. The molecule has 2 aromatic rings. The number of likely N-dealkylation sites (tertiary alicyclic amines) is 2. The van der Waals surface area contributed by atoms with E-state index in [0.717, 1.165) is 5.56 Å². The van der Waals surface area contributed by atoms with Gasteiger partial charge >= 0.3 is 0 Å². The van der Waals surface area contributed by atoms with Gasteiger partial charge in [0.05, 0.1) is 12.6 Å². The Balaban J connectivity index is 1.60. The van der Waals surface area contributed by atoms with E-state index in [1.165, 1.54) is 12.1 Å². The average Bonchev–Trinajstić information content (AvgIpc) is 3.26. The first-order chi connectivity index (χ1) is 14.0. The number of carbonyl (C=O) groups excluding carboxylic acids is 2. The normalized spacial score (nSPS) is 23.2. The lowest BCUT2D eigenvalue weighted by molar-refractivity contribution is -0.130. The van der Waals surface area contributed by atoms with Crippen molar-refractivity contribution in [1.82, 2.24) is 14.8 Å². The molecule has 2 amide bonds. The number of halogens is 1. The number of carbonyl (C=O) groups is 2. The summed E-state index contributed by atoms with van der Waals surface area (Å²) in [6.07, 6.45) is 1.60. The molecule has 3 atom stereocenters. The van der Waals surface area contributed by atoms with Crippen LogP contribution in [0.4, 0.5) is 4.39 Å². The van der Waals surface area contributed by atoms with Gasteiger partial charge in [-0.05, 0) is 36.8 Å². The minimum absolute atomic E-state index is 0.0302. The van der Waals surface area contributed by atoms with E-state index in [9.17, 15) is 14.0 Å². The Bertz CT molecular complexity index is 935. The Morgan fingerprint density at radius 3 is 2.76 bits per heavy atom. The van der Waals surface area contributed by atoms with Gasteiger partial charge in [-0.15, -0.1) is 0 Å². The number of pyridine rings is 1. The first kappa shape index (κ1) is 19.4. The highest BCUT2D eigenvalue weighted by Gasteiger charge is 2.49. The third kappa shape index (κ3) is 3.57. The molecule has 1 aromatic carbocycles. The van der Waals surface area contributed by atoms with Crippen LogP contribution in [0.1, 0.15) is 35.8 Å². The van der Waals surface area contributed by atoms with Gasteiger partial charge in [-0.1, -0.05) is 12.1 Å². The largest absolute Gasteiger partial charge is 0.477 e. The van der Waals surface area contributed by atoms with Crippen LogP contribution >= 0.6 is 0 Å². The number of ether oxygens (including phenoxy) is 1. The SMILES string of the molecule is CCOc1ncccc1C(=O)N1C[C@@H]2CN(C(C)=O)[C@@H](c3cccc(F)c3)[C@@H]2C1. The standard InChI is InChI=1S/C22H24FN3O3/c1-3-29-21-18(8-5-9-24-21)22(28)25-11-16-12-26(14(2)27)20(19(16)13-25)15-6-4-7-17(23)10-15/h4-10,16,19-20H,3,11-13H2,1-2H3/t16-,19-,20+/m1/s1. The Morgan fingerprint density at radius 2 is 2.03 bits per heavy atom. The van der Waals surface area contributed by atoms with Crippen molar-refractivity contribution in [3.05, 3.63) is 59.5 Å². The molecule has 152 valence electrons. The highest BCUT2D eigenvalue weighted by molar-refractivity contribution is 5.96. The minimum Gasteiger partial charge on any atom is -0.477 e. The van der Waals surface area contributed by atoms with Gasteiger partial charge in [0.15, 0.2) is 0 Å². The zero-order valence-electron chi connectivity index (χ0n) is 16.5. The summed E-state index contributed by atoms with van der Waals surface area (Å²) >= 11 is 0. The van der Waals surface area contributed by atoms with E-state index >= 15 is 0 Å². The summed E-state index contributed by atoms with van der Waals surface area (Å²) in [5, 5.41) is 0. The summed E-state index contributed by atoms with van der Waals surface area (Å²) in [6, 6.07) is 9.62. The second-order valence-corrected chi connectivity index (χ2v) is 7.59. The fourth-order valence-electron chi connectivity index (χ4n) is 4.63. The van der Waals surface area contributed by atoms with E-state index in [2.05, 4.69) is 4.98 Å². The Labute approximate surface area is 169 Å². The van der Waals surface area contributed by atoms with Crippen LogP contribution in [0.25, 0.3) is 0 Å². The van der Waals surface area contributed by atoms with Crippen molar-refractivity contribution in [2.75, 3.05) is 26.2 Å². The molecule has 1 aromatic heterocycles. The quantitative estimate of drug-likeness (QED) is 0.796. The number of aromatic nitrogens is 1. The smallest absolute Gasteiger partial charge is 0.259 e. The lowest BCUT2D eigenvalue weighted by Gasteiger charge is -2.29. The molecule has 0 aliphatic carbocycles. The molecular weight excluding hydrogens is 373 g/mol. The molecule has 2 fully saturated rings. The van der Waals surface area contributed by atoms with Crippen molar-refractivity contribution in [2.45, 2.75) is 19.9 Å². The van der Waals surface area contributed by atoms with Gasteiger partial charge in [0.25, 0.3) is 5.91 Å². The maximum Gasteiger partial charge on any atom is 0.259 e. The van der Waals surface area contributed by atoms with Gasteiger partial charge in [0.1, 0.15) is 11.4 Å². The Kier molecular flexibility index (Phi) is 5.22. The number of rotatable bonds is 4. The van der Waals surface area contributed by atoms with Crippen LogP contribution in [0.15, 0.2) is 42.6 Å². The molecule has 2 saturated heterocycles. The number of fused-ring (bicyclic) bond motifs is 1. The third-order valence-electron chi connectivity index (χ3n) is 5.83. The summed E-state index contributed by atoms with van der Waals surface area (Å²) in [5.74, 6) is 0.0853. The van der Waals surface area contributed by atoms with Crippen molar-refractivity contribution >= 4 is 11.8 Å². The molecule has 0 N–H and O–H groups in total. The maximum atomic E-state index is 13.8. The number of nitrogens with zero attached hydrogens (tertiary/aromatic N) is 3. The molecule has 6 nitrogen and oxygen atoms in total. The zero-order chi connectivity index (χ0) is 20.5. The van der Waals surface area contributed by atoms with Crippen LogP contribution in [0.3, 0.4) is 0 Å². The molecule has 2 aliphatic heterocycles. The fraction of sp³-hybridized carbons (Fsp3) is 0.409. The lowest BCUT2D eigenvalue weighted by Crippen LogP contribution is -2.36. The predicted octanol–water partition coefficient (Wildman–Crippen LogP) is 2.91. The molecule has 0 bridgehead atoms. The molecule has 29 heavy (non-hydrogen) atoms. The molecule has 4 rings (SSSR count). The first-order valence-electron chi connectivity index (χ1n) is 9.89. The average molecular weight is 397 g/mol. The Morgan fingerprint density at radius 1 is 1.21 bits per heavy atom. The van der Waals surface area contributed by atoms with E-state index in [4.69, 9.17) is 4.74 Å². The summed E-state index contributed by atoms with van der Waals surface area (Å²) in [7, 11) is 0. The van der Waals surface area contributed by atoms with Crippen LogP contribution in [-0.4, -0.2) is 52.8 Å². The van der Waals surface area contributed by atoms with Crippen LogP contribution < -0.4 is 4.74 Å². The van der Waals surface area contributed by atoms with E-state index in [-0.39, 0.29) is 35.5 Å². The van der Waals surface area contributed by atoms with Crippen LogP contribution in [0, 0.1) is 17.7 Å². The van der Waals surface area contributed by atoms with Crippen molar-refractivity contribution in [1.29, 1.82) is 0 Å².